The summed E-state index contributed by atoms with van der Waals surface area (Å²) >= 11 is 6.00. The maximum atomic E-state index is 6.00. The Bertz CT molecular complexity index is 612. The molecule has 0 radical (unpaired) electrons. The molecule has 21 heavy (non-hydrogen) atoms. The molecule has 110 valence electrons. The summed E-state index contributed by atoms with van der Waals surface area (Å²) in [7, 11) is 0. The topological polar surface area (TPSA) is 50.3 Å². The zero-order valence-corrected chi connectivity index (χ0v) is 12.6. The summed E-state index contributed by atoms with van der Waals surface area (Å²) < 4.78 is 5.37. The lowest BCUT2D eigenvalue weighted by Crippen LogP contribution is -2.36. The lowest BCUT2D eigenvalue weighted by Gasteiger charge is -2.28. The van der Waals surface area contributed by atoms with Gasteiger partial charge in [-0.25, -0.2) is 9.97 Å². The van der Waals surface area contributed by atoms with Crippen LogP contribution in [0.3, 0.4) is 0 Å². The predicted octanol–water partition coefficient (Wildman–Crippen LogP) is 3.02. The fraction of sp³-hybridized carbons (Fsp3) is 0.333. The van der Waals surface area contributed by atoms with Crippen LogP contribution in [-0.2, 0) is 4.74 Å². The quantitative estimate of drug-likeness (QED) is 0.883. The lowest BCUT2D eigenvalue weighted by atomic mass is 10.2. The van der Waals surface area contributed by atoms with Crippen molar-refractivity contribution in [3.8, 4) is 0 Å². The molecule has 0 aliphatic carbocycles. The van der Waals surface area contributed by atoms with E-state index >= 15 is 0 Å². The van der Waals surface area contributed by atoms with Gasteiger partial charge in [-0.1, -0.05) is 11.6 Å². The van der Waals surface area contributed by atoms with E-state index in [9.17, 15) is 0 Å². The first-order chi connectivity index (χ1) is 10.2. The van der Waals surface area contributed by atoms with Crippen LogP contribution < -0.4 is 10.2 Å². The first kappa shape index (κ1) is 14.1. The van der Waals surface area contributed by atoms with Crippen molar-refractivity contribution in [2.75, 3.05) is 36.5 Å². The van der Waals surface area contributed by atoms with Gasteiger partial charge in [0.2, 0.25) is 0 Å². The molecule has 0 saturated carbocycles. The molecule has 1 aliphatic rings. The lowest BCUT2D eigenvalue weighted by molar-refractivity contribution is 0.122. The molecule has 1 aliphatic heterocycles. The van der Waals surface area contributed by atoms with Gasteiger partial charge in [-0.3, -0.25) is 0 Å². The van der Waals surface area contributed by atoms with Crippen LogP contribution in [-0.4, -0.2) is 36.3 Å². The molecule has 1 aromatic carbocycles. The van der Waals surface area contributed by atoms with Gasteiger partial charge in [0, 0.05) is 30.0 Å². The molecule has 1 aromatic heterocycles. The Morgan fingerprint density at radius 3 is 2.57 bits per heavy atom. The minimum atomic E-state index is 0.470. The second kappa shape index (κ2) is 6.28. The van der Waals surface area contributed by atoms with Gasteiger partial charge >= 0.3 is 0 Å². The van der Waals surface area contributed by atoms with Gasteiger partial charge in [0.15, 0.2) is 0 Å². The Labute approximate surface area is 128 Å². The Balaban J connectivity index is 1.73. The highest BCUT2D eigenvalue weighted by atomic mass is 35.5. The van der Waals surface area contributed by atoms with Crippen molar-refractivity contribution >= 4 is 28.8 Å². The Morgan fingerprint density at radius 1 is 1.14 bits per heavy atom. The zero-order chi connectivity index (χ0) is 14.7. The standard InChI is InChI=1S/C15H17ClN4O/c1-11-14(16)17-10-18-15(11)19-12-2-4-13(5-3-12)20-6-8-21-9-7-20/h2-5,10H,6-9H2,1H3,(H,17,18,19). The predicted molar refractivity (Wildman–Crippen MR) is 84.5 cm³/mol. The molecule has 0 unspecified atom stereocenters. The van der Waals surface area contributed by atoms with Crippen molar-refractivity contribution in [3.63, 3.8) is 0 Å². The third kappa shape index (κ3) is 3.25. The van der Waals surface area contributed by atoms with Gasteiger partial charge in [0.05, 0.1) is 13.2 Å². The van der Waals surface area contributed by atoms with Crippen molar-refractivity contribution in [2.45, 2.75) is 6.92 Å². The van der Waals surface area contributed by atoms with E-state index in [2.05, 4.69) is 32.3 Å². The van der Waals surface area contributed by atoms with Crippen LogP contribution in [0.1, 0.15) is 5.56 Å². The van der Waals surface area contributed by atoms with Crippen LogP contribution in [0, 0.1) is 6.92 Å². The summed E-state index contributed by atoms with van der Waals surface area (Å²) in [6.07, 6.45) is 1.46. The maximum Gasteiger partial charge on any atom is 0.138 e. The van der Waals surface area contributed by atoms with Gasteiger partial charge in [-0.2, -0.15) is 0 Å². The van der Waals surface area contributed by atoms with Crippen molar-refractivity contribution in [1.82, 2.24) is 9.97 Å². The summed E-state index contributed by atoms with van der Waals surface area (Å²) in [5.74, 6) is 0.731. The Kier molecular flexibility index (Phi) is 4.22. The van der Waals surface area contributed by atoms with Gasteiger partial charge in [-0.15, -0.1) is 0 Å². The van der Waals surface area contributed by atoms with E-state index in [1.807, 2.05) is 19.1 Å². The average Bonchev–Trinajstić information content (AvgIpc) is 2.53. The molecule has 0 amide bonds. The SMILES string of the molecule is Cc1c(Cl)ncnc1Nc1ccc(N2CCOCC2)cc1. The number of rotatable bonds is 3. The Hall–Kier alpha value is -1.85. The van der Waals surface area contributed by atoms with E-state index in [0.717, 1.165) is 43.4 Å². The number of morpholine rings is 1. The summed E-state index contributed by atoms with van der Waals surface area (Å²) in [6, 6.07) is 8.29. The molecule has 2 aromatic rings. The van der Waals surface area contributed by atoms with Crippen LogP contribution in [0.15, 0.2) is 30.6 Å². The molecule has 0 atom stereocenters. The summed E-state index contributed by atoms with van der Waals surface area (Å²) in [6.45, 7) is 5.35. The molecule has 6 heteroatoms. The summed E-state index contributed by atoms with van der Waals surface area (Å²) in [5.41, 5.74) is 3.03. The second-order valence-corrected chi connectivity index (χ2v) is 5.27. The van der Waals surface area contributed by atoms with Gasteiger partial charge < -0.3 is 15.0 Å². The minimum Gasteiger partial charge on any atom is -0.378 e. The number of halogens is 1. The molecule has 0 bridgehead atoms. The molecule has 3 rings (SSSR count). The number of aromatic nitrogens is 2. The molecular formula is C15H17ClN4O. The van der Waals surface area contributed by atoms with Crippen molar-refractivity contribution in [1.29, 1.82) is 0 Å². The van der Waals surface area contributed by atoms with Crippen LogP contribution in [0.2, 0.25) is 5.15 Å². The largest absolute Gasteiger partial charge is 0.378 e. The minimum absolute atomic E-state index is 0.470. The van der Waals surface area contributed by atoms with Gasteiger partial charge in [0.1, 0.15) is 17.3 Å². The van der Waals surface area contributed by atoms with Crippen molar-refractivity contribution in [2.24, 2.45) is 0 Å². The number of benzene rings is 1. The number of hydrogen-bond donors (Lipinski definition) is 1. The van der Waals surface area contributed by atoms with Crippen LogP contribution in [0.25, 0.3) is 0 Å². The van der Waals surface area contributed by atoms with E-state index in [-0.39, 0.29) is 0 Å². The third-order valence-electron chi connectivity index (χ3n) is 3.53. The zero-order valence-electron chi connectivity index (χ0n) is 11.8. The maximum absolute atomic E-state index is 6.00. The summed E-state index contributed by atoms with van der Waals surface area (Å²) in [4.78, 5) is 10.5. The smallest absolute Gasteiger partial charge is 0.138 e. The van der Waals surface area contributed by atoms with Gasteiger partial charge in [-0.05, 0) is 31.2 Å². The number of nitrogens with one attached hydrogen (secondary N) is 1. The second-order valence-electron chi connectivity index (χ2n) is 4.91. The normalized spacial score (nSPS) is 15.0. The molecule has 1 saturated heterocycles. The third-order valence-corrected chi connectivity index (χ3v) is 3.91. The fourth-order valence-corrected chi connectivity index (χ4v) is 2.40. The average molecular weight is 305 g/mol. The molecular weight excluding hydrogens is 288 g/mol. The van der Waals surface area contributed by atoms with Crippen LogP contribution >= 0.6 is 11.6 Å². The number of ether oxygens (including phenoxy) is 1. The van der Waals surface area contributed by atoms with Crippen LogP contribution in [0.4, 0.5) is 17.2 Å². The van der Waals surface area contributed by atoms with Crippen molar-refractivity contribution in [3.05, 3.63) is 41.3 Å². The summed E-state index contributed by atoms with van der Waals surface area (Å²) in [5, 5.41) is 3.73. The van der Waals surface area contributed by atoms with E-state index in [1.54, 1.807) is 0 Å². The monoisotopic (exact) mass is 304 g/mol. The number of hydrogen-bond acceptors (Lipinski definition) is 5. The highest BCUT2D eigenvalue weighted by Crippen LogP contribution is 2.24. The van der Waals surface area contributed by atoms with E-state index in [4.69, 9.17) is 16.3 Å². The van der Waals surface area contributed by atoms with Gasteiger partial charge in [0.25, 0.3) is 0 Å². The number of nitrogens with zero attached hydrogens (tertiary/aromatic N) is 3. The molecule has 2 heterocycles. The van der Waals surface area contributed by atoms with E-state index < -0.39 is 0 Å². The molecule has 0 spiro atoms. The van der Waals surface area contributed by atoms with E-state index in [1.165, 1.54) is 12.0 Å². The molecule has 1 fully saturated rings. The molecule has 1 N–H and O–H groups in total. The first-order valence-electron chi connectivity index (χ1n) is 6.91. The van der Waals surface area contributed by atoms with Crippen molar-refractivity contribution < 1.29 is 4.74 Å². The first-order valence-corrected chi connectivity index (χ1v) is 7.29. The van der Waals surface area contributed by atoms with Crippen LogP contribution in [0.5, 0.6) is 0 Å². The Morgan fingerprint density at radius 2 is 1.86 bits per heavy atom. The number of anilines is 3. The molecule has 5 nitrogen and oxygen atoms in total. The highest BCUT2D eigenvalue weighted by molar-refractivity contribution is 6.30. The highest BCUT2D eigenvalue weighted by Gasteiger charge is 2.11. The van der Waals surface area contributed by atoms with E-state index in [0.29, 0.717) is 5.15 Å². The fourth-order valence-electron chi connectivity index (χ4n) is 2.27.